The van der Waals surface area contributed by atoms with Gasteiger partial charge in [0.05, 0.1) is 5.54 Å². The second kappa shape index (κ2) is 4.19. The summed E-state index contributed by atoms with van der Waals surface area (Å²) in [6, 6.07) is 0. The first kappa shape index (κ1) is 10.4. The summed E-state index contributed by atoms with van der Waals surface area (Å²) in [5.41, 5.74) is -0.0437. The van der Waals surface area contributed by atoms with Crippen LogP contribution in [0.2, 0.25) is 0 Å². The quantitative estimate of drug-likeness (QED) is 0.782. The van der Waals surface area contributed by atoms with Crippen LogP contribution in [0.25, 0.3) is 0 Å². The van der Waals surface area contributed by atoms with Gasteiger partial charge in [-0.15, -0.1) is 0 Å². The third-order valence-corrected chi connectivity index (χ3v) is 4.12. The summed E-state index contributed by atoms with van der Waals surface area (Å²) in [5.74, 6) is 0.542. The summed E-state index contributed by atoms with van der Waals surface area (Å²) < 4.78 is 5.31. The van der Waals surface area contributed by atoms with Gasteiger partial charge in [-0.25, -0.2) is 0 Å². The zero-order valence-electron chi connectivity index (χ0n) is 8.22. The molecule has 1 aliphatic heterocycles. The van der Waals surface area contributed by atoms with Gasteiger partial charge in [0.25, 0.3) is 0 Å². The first-order valence-electron chi connectivity index (χ1n) is 5.21. The number of carbonyl (C=O) groups excluding carboxylic acids is 1. The molecule has 2 fully saturated rings. The summed E-state index contributed by atoms with van der Waals surface area (Å²) in [5, 5.41) is 4.01. The van der Waals surface area contributed by atoms with E-state index in [4.69, 9.17) is 4.74 Å². The highest BCUT2D eigenvalue weighted by Crippen LogP contribution is 2.31. The number of amides is 1. The summed E-state index contributed by atoms with van der Waals surface area (Å²) in [7, 11) is 0. The largest absolute Gasteiger partial charge is 0.381 e. The van der Waals surface area contributed by atoms with Crippen molar-refractivity contribution in [3.63, 3.8) is 0 Å². The van der Waals surface area contributed by atoms with Crippen LogP contribution in [0.4, 0.5) is 0 Å². The Morgan fingerprint density at radius 2 is 2.07 bits per heavy atom. The lowest BCUT2D eigenvalue weighted by Crippen LogP contribution is -2.53. The SMILES string of the molecule is O=C(NC1(CBr)CCOCC1)C1CC1. The van der Waals surface area contributed by atoms with Gasteiger partial charge in [-0.3, -0.25) is 4.79 Å². The van der Waals surface area contributed by atoms with Crippen LogP contribution in [0.3, 0.4) is 0 Å². The third kappa shape index (κ3) is 2.28. The third-order valence-electron chi connectivity index (χ3n) is 3.04. The molecular weight excluding hydrogens is 246 g/mol. The van der Waals surface area contributed by atoms with E-state index in [0.29, 0.717) is 5.92 Å². The normalized spacial score (nSPS) is 25.8. The average Bonchev–Trinajstić information content (AvgIpc) is 3.02. The highest BCUT2D eigenvalue weighted by Gasteiger charge is 2.38. The highest BCUT2D eigenvalue weighted by atomic mass is 79.9. The Balaban J connectivity index is 1.92. The summed E-state index contributed by atoms with van der Waals surface area (Å²) in [6.07, 6.45) is 3.99. The molecule has 2 aliphatic rings. The summed E-state index contributed by atoms with van der Waals surface area (Å²) in [6.45, 7) is 1.52. The number of carbonyl (C=O) groups is 1. The number of hydrogen-bond acceptors (Lipinski definition) is 2. The monoisotopic (exact) mass is 261 g/mol. The molecular formula is C10H16BrNO2. The van der Waals surface area contributed by atoms with Gasteiger partial charge in [-0.1, -0.05) is 15.9 Å². The molecule has 0 aromatic rings. The highest BCUT2D eigenvalue weighted by molar-refractivity contribution is 9.09. The van der Waals surface area contributed by atoms with Crippen molar-refractivity contribution in [2.75, 3.05) is 18.5 Å². The standard InChI is InChI=1S/C10H16BrNO2/c11-7-10(3-5-14-6-4-10)12-9(13)8-1-2-8/h8H,1-7H2,(H,12,13). The van der Waals surface area contributed by atoms with Crippen molar-refractivity contribution in [3.8, 4) is 0 Å². The molecule has 14 heavy (non-hydrogen) atoms. The lowest BCUT2D eigenvalue weighted by Gasteiger charge is -2.36. The minimum atomic E-state index is -0.0437. The van der Waals surface area contributed by atoms with Gasteiger partial charge in [-0.05, 0) is 25.7 Å². The van der Waals surface area contributed by atoms with Crippen LogP contribution >= 0.6 is 15.9 Å². The fraction of sp³-hybridized carbons (Fsp3) is 0.900. The maximum absolute atomic E-state index is 11.7. The predicted molar refractivity (Wildman–Crippen MR) is 57.4 cm³/mol. The van der Waals surface area contributed by atoms with Crippen molar-refractivity contribution in [3.05, 3.63) is 0 Å². The maximum Gasteiger partial charge on any atom is 0.223 e. The maximum atomic E-state index is 11.7. The molecule has 2 rings (SSSR count). The molecule has 4 heteroatoms. The van der Waals surface area contributed by atoms with E-state index in [1.54, 1.807) is 0 Å². The van der Waals surface area contributed by atoms with Crippen LogP contribution < -0.4 is 5.32 Å². The van der Waals surface area contributed by atoms with Crippen LogP contribution in [0.5, 0.6) is 0 Å². The first-order chi connectivity index (χ1) is 6.76. The number of rotatable bonds is 3. The fourth-order valence-electron chi connectivity index (χ4n) is 1.76. The average molecular weight is 262 g/mol. The Morgan fingerprint density at radius 1 is 1.43 bits per heavy atom. The van der Waals surface area contributed by atoms with Crippen molar-refractivity contribution in [2.24, 2.45) is 5.92 Å². The van der Waals surface area contributed by atoms with E-state index in [2.05, 4.69) is 21.2 Å². The van der Waals surface area contributed by atoms with Gasteiger partial charge in [0.2, 0.25) is 5.91 Å². The molecule has 3 nitrogen and oxygen atoms in total. The van der Waals surface area contributed by atoms with Crippen molar-refractivity contribution in [2.45, 2.75) is 31.2 Å². The molecule has 80 valence electrons. The van der Waals surface area contributed by atoms with Crippen LogP contribution in [0, 0.1) is 5.92 Å². The topological polar surface area (TPSA) is 38.3 Å². The second-order valence-electron chi connectivity index (χ2n) is 4.29. The molecule has 1 heterocycles. The van der Waals surface area contributed by atoms with Gasteiger partial charge < -0.3 is 10.1 Å². The van der Waals surface area contributed by atoms with Crippen LogP contribution in [0.15, 0.2) is 0 Å². The molecule has 1 saturated carbocycles. The molecule has 1 amide bonds. The van der Waals surface area contributed by atoms with E-state index in [-0.39, 0.29) is 11.4 Å². The Labute approximate surface area is 92.7 Å². The van der Waals surface area contributed by atoms with E-state index in [9.17, 15) is 4.79 Å². The smallest absolute Gasteiger partial charge is 0.223 e. The summed E-state index contributed by atoms with van der Waals surface area (Å²) >= 11 is 3.50. The van der Waals surface area contributed by atoms with Gasteiger partial charge in [0.15, 0.2) is 0 Å². The molecule has 1 N–H and O–H groups in total. The van der Waals surface area contributed by atoms with E-state index < -0.39 is 0 Å². The minimum Gasteiger partial charge on any atom is -0.381 e. The molecule has 1 aliphatic carbocycles. The van der Waals surface area contributed by atoms with Crippen LogP contribution in [0.1, 0.15) is 25.7 Å². The van der Waals surface area contributed by atoms with Gasteiger partial charge in [0.1, 0.15) is 0 Å². The number of ether oxygens (including phenoxy) is 1. The molecule has 0 bridgehead atoms. The van der Waals surface area contributed by atoms with Crippen molar-refractivity contribution in [1.29, 1.82) is 0 Å². The molecule has 1 saturated heterocycles. The number of nitrogens with one attached hydrogen (secondary N) is 1. The Morgan fingerprint density at radius 3 is 2.57 bits per heavy atom. The lowest BCUT2D eigenvalue weighted by atomic mass is 9.92. The molecule has 0 aromatic carbocycles. The van der Waals surface area contributed by atoms with Gasteiger partial charge in [0, 0.05) is 24.5 Å². The van der Waals surface area contributed by atoms with E-state index in [0.717, 1.165) is 44.2 Å². The van der Waals surface area contributed by atoms with Crippen molar-refractivity contribution in [1.82, 2.24) is 5.32 Å². The number of alkyl halides is 1. The number of halogens is 1. The zero-order chi connectivity index (χ0) is 10.0. The van der Waals surface area contributed by atoms with Crippen molar-refractivity contribution >= 4 is 21.8 Å². The molecule has 0 aromatic heterocycles. The fourth-order valence-corrected chi connectivity index (χ4v) is 2.46. The number of hydrogen-bond donors (Lipinski definition) is 1. The van der Waals surface area contributed by atoms with E-state index >= 15 is 0 Å². The molecule has 0 spiro atoms. The Bertz CT molecular complexity index is 222. The second-order valence-corrected chi connectivity index (χ2v) is 4.85. The predicted octanol–water partition coefficient (Wildman–Crippen LogP) is 1.46. The molecule has 0 atom stereocenters. The summed E-state index contributed by atoms with van der Waals surface area (Å²) in [4.78, 5) is 11.7. The zero-order valence-corrected chi connectivity index (χ0v) is 9.81. The van der Waals surface area contributed by atoms with Crippen LogP contribution in [-0.4, -0.2) is 30.0 Å². The van der Waals surface area contributed by atoms with Gasteiger partial charge >= 0.3 is 0 Å². The lowest BCUT2D eigenvalue weighted by molar-refractivity contribution is -0.125. The Hall–Kier alpha value is -0.0900. The van der Waals surface area contributed by atoms with Crippen molar-refractivity contribution < 1.29 is 9.53 Å². The molecule has 0 unspecified atom stereocenters. The minimum absolute atomic E-state index is 0.0437. The van der Waals surface area contributed by atoms with E-state index in [1.807, 2.05) is 0 Å². The van der Waals surface area contributed by atoms with Crippen LogP contribution in [-0.2, 0) is 9.53 Å². The Kier molecular flexibility index (Phi) is 3.12. The first-order valence-corrected chi connectivity index (χ1v) is 6.34. The molecule has 0 radical (unpaired) electrons. The van der Waals surface area contributed by atoms with E-state index in [1.165, 1.54) is 0 Å². The van der Waals surface area contributed by atoms with Gasteiger partial charge in [-0.2, -0.15) is 0 Å².